The lowest BCUT2D eigenvalue weighted by molar-refractivity contribution is -0.384. The molecular weight excluding hydrogens is 488 g/mol. The molecule has 2 aromatic carbocycles. The van der Waals surface area contributed by atoms with E-state index in [0.29, 0.717) is 35.8 Å². The molecule has 11 heteroatoms. The van der Waals surface area contributed by atoms with Crippen LogP contribution < -0.4 is 9.70 Å². The number of fused-ring (bicyclic) bond motifs is 2. The summed E-state index contributed by atoms with van der Waals surface area (Å²) in [5.74, 6) is -0.108. The molecule has 9 nitrogen and oxygen atoms in total. The zero-order valence-electron chi connectivity index (χ0n) is 19.3. The molecule has 0 N–H and O–H groups in total. The second kappa shape index (κ2) is 11.6. The summed E-state index contributed by atoms with van der Waals surface area (Å²) >= 11 is 2.47. The molecule has 2 amide bonds. The first-order valence-electron chi connectivity index (χ1n) is 11.4. The third-order valence-electron chi connectivity index (χ3n) is 5.62. The number of amides is 2. The number of hydrogen-bond acceptors (Lipinski definition) is 7. The first-order chi connectivity index (χ1) is 17.0. The first-order valence-corrected chi connectivity index (χ1v) is 13.3. The highest BCUT2D eigenvalue weighted by Gasteiger charge is 2.22. The molecule has 0 saturated carbocycles. The summed E-state index contributed by atoms with van der Waals surface area (Å²) < 4.78 is 7.97. The van der Waals surface area contributed by atoms with Crippen molar-refractivity contribution in [3.8, 4) is 0 Å². The van der Waals surface area contributed by atoms with E-state index in [1.165, 1.54) is 40.8 Å². The predicted molar refractivity (Wildman–Crippen MR) is 138 cm³/mol. The standard InChI is InChI=1S/C24H26N4O5S2/c1-2-33-13-12-27-20-10-9-18(28(31)32)14-21(20)35-24(27)25-22(29)15-34-16-23(30)26-11-5-7-17-6-3-4-8-19(17)26/h3-4,6,8-10,14H,2,5,7,11-13,15-16H2,1H3. The molecule has 1 aliphatic rings. The van der Waals surface area contributed by atoms with Gasteiger partial charge in [-0.3, -0.25) is 19.7 Å². The van der Waals surface area contributed by atoms with Gasteiger partial charge in [0.1, 0.15) is 0 Å². The number of ether oxygens (including phenoxy) is 1. The van der Waals surface area contributed by atoms with E-state index in [1.807, 2.05) is 35.8 Å². The van der Waals surface area contributed by atoms with E-state index < -0.39 is 4.92 Å². The van der Waals surface area contributed by atoms with Crippen LogP contribution in [-0.4, -0.2) is 52.6 Å². The number of carbonyl (C=O) groups is 2. The van der Waals surface area contributed by atoms with Crippen molar-refractivity contribution in [2.24, 2.45) is 4.99 Å². The average Bonchev–Trinajstić information content (AvgIpc) is 3.19. The van der Waals surface area contributed by atoms with Crippen LogP contribution in [0.4, 0.5) is 11.4 Å². The van der Waals surface area contributed by atoms with Crippen LogP contribution in [0.15, 0.2) is 47.5 Å². The number of thioether (sulfide) groups is 1. The van der Waals surface area contributed by atoms with Crippen molar-refractivity contribution in [3.05, 3.63) is 62.9 Å². The van der Waals surface area contributed by atoms with Gasteiger partial charge in [0.05, 0.1) is 33.3 Å². The quantitative estimate of drug-likeness (QED) is 0.244. The van der Waals surface area contributed by atoms with Crippen LogP contribution in [0, 0.1) is 10.1 Å². The summed E-state index contributed by atoms with van der Waals surface area (Å²) in [6, 6.07) is 12.5. The second-order valence-electron chi connectivity index (χ2n) is 7.92. The maximum Gasteiger partial charge on any atom is 0.270 e. The highest BCUT2D eigenvalue weighted by atomic mass is 32.2. The number of rotatable bonds is 9. The van der Waals surface area contributed by atoms with Gasteiger partial charge >= 0.3 is 0 Å². The number of hydrogen-bond donors (Lipinski definition) is 0. The monoisotopic (exact) mass is 514 g/mol. The smallest absolute Gasteiger partial charge is 0.270 e. The van der Waals surface area contributed by atoms with Gasteiger partial charge in [-0.1, -0.05) is 29.5 Å². The molecule has 0 bridgehead atoms. The van der Waals surface area contributed by atoms with E-state index in [-0.39, 0.29) is 29.0 Å². The van der Waals surface area contributed by atoms with E-state index in [9.17, 15) is 19.7 Å². The Bertz CT molecular complexity index is 1320. The fourth-order valence-corrected chi connectivity index (χ4v) is 5.79. The van der Waals surface area contributed by atoms with Crippen LogP contribution in [0.1, 0.15) is 18.9 Å². The molecule has 0 fully saturated rings. The lowest BCUT2D eigenvalue weighted by Crippen LogP contribution is -2.36. The van der Waals surface area contributed by atoms with Crippen molar-refractivity contribution in [3.63, 3.8) is 0 Å². The Morgan fingerprint density at radius 2 is 2.06 bits per heavy atom. The number of para-hydroxylation sites is 1. The molecule has 0 radical (unpaired) electrons. The summed E-state index contributed by atoms with van der Waals surface area (Å²) in [5.41, 5.74) is 2.88. The fourth-order valence-electron chi connectivity index (χ4n) is 4.01. The number of nitrogens with zero attached hydrogens (tertiary/aromatic N) is 4. The zero-order chi connectivity index (χ0) is 24.8. The SMILES string of the molecule is CCOCCn1c(=NC(=O)CSCC(=O)N2CCCc3ccccc32)sc2cc([N+](=O)[O-])ccc21. The molecule has 4 rings (SSSR count). The normalized spacial score (nSPS) is 13.7. The third-order valence-corrected chi connectivity index (χ3v) is 7.57. The van der Waals surface area contributed by atoms with Gasteiger partial charge in [-0.15, -0.1) is 11.8 Å². The Balaban J connectivity index is 1.46. The number of carbonyl (C=O) groups excluding carboxylic acids is 2. The Morgan fingerprint density at radius 3 is 2.86 bits per heavy atom. The van der Waals surface area contributed by atoms with Crippen LogP contribution in [0.3, 0.4) is 0 Å². The molecule has 3 aromatic rings. The largest absolute Gasteiger partial charge is 0.380 e. The minimum atomic E-state index is -0.444. The van der Waals surface area contributed by atoms with Crippen LogP contribution in [0.2, 0.25) is 0 Å². The first kappa shape index (κ1) is 25.1. The van der Waals surface area contributed by atoms with Gasteiger partial charge in [0.2, 0.25) is 5.91 Å². The Kier molecular flexibility index (Phi) is 8.32. The topological polar surface area (TPSA) is 107 Å². The number of thiazole rings is 1. The van der Waals surface area contributed by atoms with Gasteiger partial charge in [0.25, 0.3) is 11.6 Å². The summed E-state index contributed by atoms with van der Waals surface area (Å²) in [5, 5.41) is 11.2. The number of aromatic nitrogens is 1. The molecule has 0 aliphatic carbocycles. The minimum absolute atomic E-state index is 0.0121. The summed E-state index contributed by atoms with van der Waals surface area (Å²) in [7, 11) is 0. The molecule has 0 atom stereocenters. The van der Waals surface area contributed by atoms with E-state index in [0.717, 1.165) is 24.0 Å². The molecule has 184 valence electrons. The molecule has 1 aliphatic heterocycles. The molecular formula is C24H26N4O5S2. The highest BCUT2D eigenvalue weighted by Crippen LogP contribution is 2.27. The van der Waals surface area contributed by atoms with Gasteiger partial charge < -0.3 is 14.2 Å². The van der Waals surface area contributed by atoms with Crippen molar-refractivity contribution < 1.29 is 19.2 Å². The van der Waals surface area contributed by atoms with E-state index in [2.05, 4.69) is 4.99 Å². The van der Waals surface area contributed by atoms with E-state index in [1.54, 1.807) is 11.0 Å². The predicted octanol–water partition coefficient (Wildman–Crippen LogP) is 3.79. The van der Waals surface area contributed by atoms with Crippen molar-refractivity contribution in [2.75, 3.05) is 36.2 Å². The van der Waals surface area contributed by atoms with E-state index >= 15 is 0 Å². The zero-order valence-corrected chi connectivity index (χ0v) is 21.0. The second-order valence-corrected chi connectivity index (χ2v) is 9.91. The van der Waals surface area contributed by atoms with Crippen LogP contribution >= 0.6 is 23.1 Å². The van der Waals surface area contributed by atoms with Crippen molar-refractivity contribution in [1.82, 2.24) is 4.57 Å². The van der Waals surface area contributed by atoms with Gasteiger partial charge in [-0.05, 0) is 37.5 Å². The van der Waals surface area contributed by atoms with Crippen LogP contribution in [0.5, 0.6) is 0 Å². The Morgan fingerprint density at radius 1 is 1.23 bits per heavy atom. The van der Waals surface area contributed by atoms with Crippen molar-refractivity contribution >= 4 is 56.5 Å². The summed E-state index contributed by atoms with van der Waals surface area (Å²) in [6.07, 6.45) is 1.89. The van der Waals surface area contributed by atoms with Gasteiger partial charge in [0, 0.05) is 37.5 Å². The molecule has 0 saturated heterocycles. The minimum Gasteiger partial charge on any atom is -0.380 e. The van der Waals surface area contributed by atoms with Gasteiger partial charge in [0.15, 0.2) is 4.80 Å². The number of aryl methyl sites for hydroxylation is 1. The molecule has 0 spiro atoms. The van der Waals surface area contributed by atoms with Crippen molar-refractivity contribution in [1.29, 1.82) is 0 Å². The molecule has 1 aromatic heterocycles. The van der Waals surface area contributed by atoms with Crippen molar-refractivity contribution in [2.45, 2.75) is 26.3 Å². The average molecular weight is 515 g/mol. The van der Waals surface area contributed by atoms with Crippen LogP contribution in [0.25, 0.3) is 10.2 Å². The number of benzene rings is 2. The number of nitro groups is 1. The maximum absolute atomic E-state index is 12.8. The lowest BCUT2D eigenvalue weighted by Gasteiger charge is -2.29. The maximum atomic E-state index is 12.8. The van der Waals surface area contributed by atoms with Crippen LogP contribution in [-0.2, 0) is 27.3 Å². The Labute approximate surface area is 210 Å². The van der Waals surface area contributed by atoms with Gasteiger partial charge in [-0.2, -0.15) is 4.99 Å². The fraction of sp³-hybridized carbons (Fsp3) is 0.375. The summed E-state index contributed by atoms with van der Waals surface area (Å²) in [4.78, 5) is 42.7. The molecule has 35 heavy (non-hydrogen) atoms. The summed E-state index contributed by atoms with van der Waals surface area (Å²) in [6.45, 7) is 4.04. The molecule has 0 unspecified atom stereocenters. The number of non-ortho nitro benzene ring substituents is 1. The lowest BCUT2D eigenvalue weighted by atomic mass is 10.0. The highest BCUT2D eigenvalue weighted by molar-refractivity contribution is 8.00. The third kappa shape index (κ3) is 5.98. The van der Waals surface area contributed by atoms with E-state index in [4.69, 9.17) is 4.74 Å². The Hall–Kier alpha value is -3.02. The molecule has 2 heterocycles. The number of anilines is 1. The number of nitro benzene ring substituents is 1. The van der Waals surface area contributed by atoms with Gasteiger partial charge in [-0.25, -0.2) is 0 Å².